The van der Waals surface area contributed by atoms with Crippen molar-refractivity contribution < 1.29 is 9.59 Å². The zero-order valence-electron chi connectivity index (χ0n) is 23.8. The fourth-order valence-electron chi connectivity index (χ4n) is 4.30. The van der Waals surface area contributed by atoms with Crippen molar-refractivity contribution in [3.05, 3.63) is 104 Å². The van der Waals surface area contributed by atoms with Crippen molar-refractivity contribution in [1.29, 1.82) is 0 Å². The van der Waals surface area contributed by atoms with Crippen LogP contribution >= 0.6 is 35.0 Å². The van der Waals surface area contributed by atoms with Crippen LogP contribution in [0.2, 0.25) is 10.0 Å². The van der Waals surface area contributed by atoms with E-state index in [-0.39, 0.29) is 5.91 Å². The lowest BCUT2D eigenvalue weighted by molar-refractivity contribution is -0.110. The molecule has 41 heavy (non-hydrogen) atoms. The minimum absolute atomic E-state index is 0.196. The van der Waals surface area contributed by atoms with Gasteiger partial charge in [0.05, 0.1) is 11.1 Å². The molecule has 9 heteroatoms. The molecule has 2 amide bonds. The first-order chi connectivity index (χ1) is 19.6. The average molecular weight is 610 g/mol. The molecule has 0 fully saturated rings. The minimum Gasteiger partial charge on any atom is -0.366 e. The first kappa shape index (κ1) is 32.0. The number of aryl methyl sites for hydroxylation is 1. The Balaban J connectivity index is 0.000000397. The Morgan fingerprint density at radius 3 is 2.41 bits per heavy atom. The van der Waals surface area contributed by atoms with Gasteiger partial charge < -0.3 is 16.0 Å². The number of aromatic nitrogens is 1. The molecule has 3 aromatic rings. The number of thioether (sulfide) groups is 1. The molecule has 1 aliphatic rings. The van der Waals surface area contributed by atoms with Crippen molar-refractivity contribution in [2.75, 3.05) is 5.32 Å². The molecule has 0 saturated heterocycles. The molecular formula is C32H34Cl2N4O2S. The van der Waals surface area contributed by atoms with Gasteiger partial charge in [-0.15, -0.1) is 11.8 Å². The summed E-state index contributed by atoms with van der Waals surface area (Å²) in [6.45, 7) is 9.68. The summed E-state index contributed by atoms with van der Waals surface area (Å²) < 4.78 is 0. The maximum Gasteiger partial charge on any atom is 0.256 e. The van der Waals surface area contributed by atoms with Crippen LogP contribution in [0.3, 0.4) is 0 Å². The molecule has 214 valence electrons. The number of benzene rings is 2. The summed E-state index contributed by atoms with van der Waals surface area (Å²) in [5.41, 5.74) is 12.3. The number of nitrogens with one attached hydrogen (secondary N) is 2. The zero-order chi connectivity index (χ0) is 30.1. The van der Waals surface area contributed by atoms with Crippen LogP contribution in [0.15, 0.2) is 70.2 Å². The number of aromatic amines is 1. The molecule has 6 nitrogen and oxygen atoms in total. The van der Waals surface area contributed by atoms with E-state index in [0.29, 0.717) is 38.3 Å². The maximum absolute atomic E-state index is 12.6. The second kappa shape index (κ2) is 14.9. The highest BCUT2D eigenvalue weighted by atomic mass is 35.5. The van der Waals surface area contributed by atoms with Crippen molar-refractivity contribution >= 4 is 70.3 Å². The van der Waals surface area contributed by atoms with Gasteiger partial charge in [0.2, 0.25) is 0 Å². The number of hydrogen-bond acceptors (Lipinski definition) is 4. The quantitative estimate of drug-likeness (QED) is 0.103. The maximum atomic E-state index is 12.6. The second-order valence-corrected chi connectivity index (χ2v) is 11.0. The van der Waals surface area contributed by atoms with E-state index in [1.807, 2.05) is 69.4 Å². The third-order valence-corrected chi connectivity index (χ3v) is 8.26. The SMILES string of the molecule is CC=N/C=C\C(=C/C)CC.Cc1[nH]c(/C=C2\C(=O)Nc3ccc(SCc4c(Cl)cccc4Cl)cc32)c(C)c1C(N)=O. The number of amides is 2. The minimum atomic E-state index is -0.496. The number of carbonyl (C=O) groups excluding carboxylic acids is 2. The molecule has 0 atom stereocenters. The van der Waals surface area contributed by atoms with Crippen LogP contribution in [0.25, 0.3) is 11.6 Å². The summed E-state index contributed by atoms with van der Waals surface area (Å²) in [7, 11) is 0. The van der Waals surface area contributed by atoms with E-state index < -0.39 is 5.91 Å². The van der Waals surface area contributed by atoms with Crippen molar-refractivity contribution in [2.24, 2.45) is 10.7 Å². The van der Waals surface area contributed by atoms with E-state index in [1.165, 1.54) is 5.57 Å². The molecule has 0 aliphatic carbocycles. The van der Waals surface area contributed by atoms with Gasteiger partial charge in [-0.05, 0) is 87.7 Å². The number of fused-ring (bicyclic) bond motifs is 1. The number of rotatable bonds is 8. The molecule has 4 N–H and O–H groups in total. The summed E-state index contributed by atoms with van der Waals surface area (Å²) in [5.74, 6) is -0.0862. The van der Waals surface area contributed by atoms with E-state index in [1.54, 1.807) is 31.0 Å². The Kier molecular flexibility index (Phi) is 11.6. The number of nitrogens with zero attached hydrogens (tertiary/aromatic N) is 1. The average Bonchev–Trinajstić information content (AvgIpc) is 3.40. The van der Waals surface area contributed by atoms with Gasteiger partial charge in [0.1, 0.15) is 0 Å². The number of halogens is 2. The summed E-state index contributed by atoms with van der Waals surface area (Å²) in [6.07, 6.45) is 10.6. The van der Waals surface area contributed by atoms with Crippen LogP contribution in [0.5, 0.6) is 0 Å². The summed E-state index contributed by atoms with van der Waals surface area (Å²) >= 11 is 14.1. The second-order valence-electron chi connectivity index (χ2n) is 9.18. The number of nitrogens with two attached hydrogens (primary N) is 1. The third-order valence-electron chi connectivity index (χ3n) is 6.53. The molecule has 0 bridgehead atoms. The highest BCUT2D eigenvalue weighted by Crippen LogP contribution is 2.38. The van der Waals surface area contributed by atoms with E-state index in [0.717, 1.165) is 33.7 Å². The number of allylic oxidation sites excluding steroid dienone is 3. The van der Waals surface area contributed by atoms with Gasteiger partial charge in [0, 0.05) is 55.7 Å². The van der Waals surface area contributed by atoms with E-state index in [9.17, 15) is 9.59 Å². The normalized spacial score (nSPS) is 14.0. The number of aliphatic imine (C=N–C) groups is 1. The van der Waals surface area contributed by atoms with Crippen molar-refractivity contribution in [2.45, 2.75) is 51.7 Å². The largest absolute Gasteiger partial charge is 0.366 e. The molecule has 1 aliphatic heterocycles. The Morgan fingerprint density at radius 2 is 1.83 bits per heavy atom. The van der Waals surface area contributed by atoms with Gasteiger partial charge in [-0.25, -0.2) is 0 Å². The van der Waals surface area contributed by atoms with Crippen LogP contribution < -0.4 is 11.1 Å². The van der Waals surface area contributed by atoms with Crippen LogP contribution in [0.4, 0.5) is 5.69 Å². The Morgan fingerprint density at radius 1 is 1.12 bits per heavy atom. The number of hydrogen-bond donors (Lipinski definition) is 3. The molecule has 1 aromatic heterocycles. The van der Waals surface area contributed by atoms with Gasteiger partial charge >= 0.3 is 0 Å². The van der Waals surface area contributed by atoms with Gasteiger partial charge in [-0.2, -0.15) is 0 Å². The number of primary amides is 1. The third kappa shape index (κ3) is 8.03. The molecule has 0 radical (unpaired) electrons. The number of anilines is 1. The fraction of sp³-hybridized carbons (Fsp3) is 0.219. The summed E-state index contributed by atoms with van der Waals surface area (Å²) in [4.78, 5) is 32.4. The van der Waals surface area contributed by atoms with Crippen molar-refractivity contribution in [3.8, 4) is 0 Å². The predicted molar refractivity (Wildman–Crippen MR) is 175 cm³/mol. The number of carbonyl (C=O) groups is 2. The lowest BCUT2D eigenvalue weighted by Crippen LogP contribution is -2.12. The monoisotopic (exact) mass is 608 g/mol. The molecule has 2 heterocycles. The van der Waals surface area contributed by atoms with Crippen molar-refractivity contribution in [1.82, 2.24) is 4.98 Å². The van der Waals surface area contributed by atoms with Crippen LogP contribution in [-0.4, -0.2) is 23.0 Å². The fourth-order valence-corrected chi connectivity index (χ4v) is 5.98. The lowest BCUT2D eigenvalue weighted by Gasteiger charge is -2.08. The molecule has 0 saturated carbocycles. The smallest absolute Gasteiger partial charge is 0.256 e. The first-order valence-corrected chi connectivity index (χ1v) is 14.9. The van der Waals surface area contributed by atoms with Gasteiger partial charge in [-0.3, -0.25) is 14.6 Å². The molecule has 2 aromatic carbocycles. The van der Waals surface area contributed by atoms with E-state index in [4.69, 9.17) is 28.9 Å². The Labute approximate surface area is 255 Å². The Hall–Kier alpha value is -3.52. The highest BCUT2D eigenvalue weighted by molar-refractivity contribution is 7.98. The molecular weight excluding hydrogens is 575 g/mol. The van der Waals surface area contributed by atoms with Crippen LogP contribution in [-0.2, 0) is 10.5 Å². The van der Waals surface area contributed by atoms with Gasteiger partial charge in [-0.1, -0.05) is 47.8 Å². The Bertz CT molecular complexity index is 1550. The topological polar surface area (TPSA) is 100 Å². The molecule has 0 unspecified atom stereocenters. The number of H-pyrrole nitrogens is 1. The zero-order valence-corrected chi connectivity index (χ0v) is 26.1. The summed E-state index contributed by atoms with van der Waals surface area (Å²) in [6, 6.07) is 11.2. The van der Waals surface area contributed by atoms with Crippen LogP contribution in [0.1, 0.15) is 65.6 Å². The van der Waals surface area contributed by atoms with Crippen molar-refractivity contribution in [3.63, 3.8) is 0 Å². The highest BCUT2D eigenvalue weighted by Gasteiger charge is 2.26. The standard InChI is InChI=1S/C23H19Cl2N3O2S.C9H15N/c1-11-20(27-12(2)21(11)22(26)29)9-15-14-8-13(6-7-19(14)28-23(15)30)31-10-16-17(24)4-3-5-18(16)25;1-4-9(5-2)7-8-10-6-3/h3-9,27H,10H2,1-2H3,(H2,26,29)(H,28,30);4,6-8H,5H2,1-3H3/b15-9-;8-7-,9-4-,10-6?. The van der Waals surface area contributed by atoms with Gasteiger partial charge in [0.15, 0.2) is 0 Å². The molecule has 4 rings (SSSR count). The first-order valence-electron chi connectivity index (χ1n) is 13.1. The molecule has 0 spiro atoms. The van der Waals surface area contributed by atoms with Crippen LogP contribution in [0, 0.1) is 13.8 Å². The van der Waals surface area contributed by atoms with E-state index in [2.05, 4.69) is 28.3 Å². The summed E-state index contributed by atoms with van der Waals surface area (Å²) in [5, 5.41) is 4.14. The predicted octanol–water partition coefficient (Wildman–Crippen LogP) is 8.77. The van der Waals surface area contributed by atoms with E-state index >= 15 is 0 Å². The van der Waals surface area contributed by atoms with Gasteiger partial charge in [0.25, 0.3) is 11.8 Å². The lowest BCUT2D eigenvalue weighted by atomic mass is 10.0.